The lowest BCUT2D eigenvalue weighted by Gasteiger charge is -2.23. The van der Waals surface area contributed by atoms with Gasteiger partial charge in [0, 0.05) is 5.56 Å². The SMILES string of the molecule is CCOc1ccccc1NC(=O)CN1C(=O)C(O)(c2ccccc2)c2ccccc21. The average molecular weight is 402 g/mol. The van der Waals surface area contributed by atoms with Gasteiger partial charge >= 0.3 is 0 Å². The summed E-state index contributed by atoms with van der Waals surface area (Å²) in [6, 6.07) is 22.9. The molecule has 0 aliphatic carbocycles. The highest BCUT2D eigenvalue weighted by molar-refractivity contribution is 6.12. The van der Waals surface area contributed by atoms with Crippen LogP contribution < -0.4 is 15.0 Å². The molecule has 0 aromatic heterocycles. The zero-order chi connectivity index (χ0) is 21.1. The summed E-state index contributed by atoms with van der Waals surface area (Å²) in [5.74, 6) is -0.381. The van der Waals surface area contributed by atoms with Gasteiger partial charge in [-0.3, -0.25) is 14.5 Å². The zero-order valence-corrected chi connectivity index (χ0v) is 16.5. The summed E-state index contributed by atoms with van der Waals surface area (Å²) in [5.41, 5.74) is 0.141. The van der Waals surface area contributed by atoms with Crippen molar-refractivity contribution in [3.63, 3.8) is 0 Å². The van der Waals surface area contributed by atoms with E-state index in [4.69, 9.17) is 4.74 Å². The third kappa shape index (κ3) is 3.31. The second kappa shape index (κ2) is 8.00. The van der Waals surface area contributed by atoms with Crippen LogP contribution in [0.15, 0.2) is 78.9 Å². The monoisotopic (exact) mass is 402 g/mol. The fraction of sp³-hybridized carbons (Fsp3) is 0.167. The van der Waals surface area contributed by atoms with Crippen LogP contribution in [0.1, 0.15) is 18.1 Å². The molecule has 1 heterocycles. The number of nitrogens with zero attached hydrogens (tertiary/aromatic N) is 1. The molecular weight excluding hydrogens is 380 g/mol. The predicted octanol–water partition coefficient (Wildman–Crippen LogP) is 3.31. The fourth-order valence-electron chi connectivity index (χ4n) is 3.73. The lowest BCUT2D eigenvalue weighted by molar-refractivity contribution is -0.133. The van der Waals surface area contributed by atoms with Crippen molar-refractivity contribution in [3.8, 4) is 5.75 Å². The number of nitrogens with one attached hydrogen (secondary N) is 1. The summed E-state index contributed by atoms with van der Waals surface area (Å²) in [4.78, 5) is 27.4. The summed E-state index contributed by atoms with van der Waals surface area (Å²) in [5, 5.41) is 14.2. The predicted molar refractivity (Wildman–Crippen MR) is 114 cm³/mol. The van der Waals surface area contributed by atoms with Gasteiger partial charge < -0.3 is 15.2 Å². The number of amides is 2. The lowest BCUT2D eigenvalue weighted by atomic mass is 9.88. The average Bonchev–Trinajstić information content (AvgIpc) is 2.99. The molecule has 4 rings (SSSR count). The lowest BCUT2D eigenvalue weighted by Crippen LogP contribution is -2.44. The minimum absolute atomic E-state index is 0.231. The molecule has 0 bridgehead atoms. The number of anilines is 2. The first kappa shape index (κ1) is 19.7. The van der Waals surface area contributed by atoms with Crippen LogP contribution in [0.3, 0.4) is 0 Å². The molecule has 2 N–H and O–H groups in total. The Balaban J connectivity index is 1.63. The number of fused-ring (bicyclic) bond motifs is 1. The molecule has 0 radical (unpaired) electrons. The Labute approximate surface area is 174 Å². The summed E-state index contributed by atoms with van der Waals surface area (Å²) in [6.45, 7) is 2.10. The molecule has 1 aliphatic rings. The molecular formula is C24H22N2O4. The zero-order valence-electron chi connectivity index (χ0n) is 16.5. The Hall–Kier alpha value is -3.64. The van der Waals surface area contributed by atoms with Gasteiger partial charge in [-0.25, -0.2) is 0 Å². The highest BCUT2D eigenvalue weighted by Crippen LogP contribution is 2.44. The maximum Gasteiger partial charge on any atom is 0.268 e. The summed E-state index contributed by atoms with van der Waals surface area (Å²) in [7, 11) is 0. The first-order chi connectivity index (χ1) is 14.6. The van der Waals surface area contributed by atoms with Gasteiger partial charge in [-0.1, -0.05) is 60.7 Å². The van der Waals surface area contributed by atoms with Crippen molar-refractivity contribution in [2.24, 2.45) is 0 Å². The second-order valence-corrected chi connectivity index (χ2v) is 6.96. The van der Waals surface area contributed by atoms with Crippen molar-refractivity contribution < 1.29 is 19.4 Å². The summed E-state index contributed by atoms with van der Waals surface area (Å²) in [6.07, 6.45) is 0. The molecule has 0 spiro atoms. The molecule has 6 nitrogen and oxygen atoms in total. The smallest absolute Gasteiger partial charge is 0.268 e. The minimum atomic E-state index is -1.83. The van der Waals surface area contributed by atoms with Crippen molar-refractivity contribution in [1.82, 2.24) is 0 Å². The highest BCUT2D eigenvalue weighted by Gasteiger charge is 2.51. The first-order valence-electron chi connectivity index (χ1n) is 9.76. The van der Waals surface area contributed by atoms with E-state index in [1.165, 1.54) is 4.90 Å². The minimum Gasteiger partial charge on any atom is -0.492 e. The van der Waals surface area contributed by atoms with Crippen molar-refractivity contribution in [2.45, 2.75) is 12.5 Å². The molecule has 0 saturated carbocycles. The Morgan fingerprint density at radius 1 is 1.00 bits per heavy atom. The molecule has 3 aromatic rings. The van der Waals surface area contributed by atoms with Crippen LogP contribution in [-0.4, -0.2) is 30.1 Å². The van der Waals surface area contributed by atoms with Crippen molar-refractivity contribution in [3.05, 3.63) is 90.0 Å². The van der Waals surface area contributed by atoms with Gasteiger partial charge in [0.1, 0.15) is 12.3 Å². The van der Waals surface area contributed by atoms with Gasteiger partial charge in [-0.15, -0.1) is 0 Å². The van der Waals surface area contributed by atoms with Gasteiger partial charge in [0.25, 0.3) is 5.91 Å². The molecule has 152 valence electrons. The number of ether oxygens (including phenoxy) is 1. The largest absolute Gasteiger partial charge is 0.492 e. The van der Waals surface area contributed by atoms with E-state index in [9.17, 15) is 14.7 Å². The van der Waals surface area contributed by atoms with Gasteiger partial charge in [-0.2, -0.15) is 0 Å². The number of hydrogen-bond acceptors (Lipinski definition) is 4. The van der Waals surface area contributed by atoms with Crippen LogP contribution in [0.2, 0.25) is 0 Å². The van der Waals surface area contributed by atoms with Gasteiger partial charge in [0.05, 0.1) is 18.0 Å². The van der Waals surface area contributed by atoms with Crippen LogP contribution in [0.5, 0.6) is 5.75 Å². The molecule has 1 aliphatic heterocycles. The van der Waals surface area contributed by atoms with Crippen LogP contribution >= 0.6 is 0 Å². The first-order valence-corrected chi connectivity index (χ1v) is 9.76. The number of rotatable bonds is 6. The highest BCUT2D eigenvalue weighted by atomic mass is 16.5. The van der Waals surface area contributed by atoms with Crippen molar-refractivity contribution >= 4 is 23.2 Å². The van der Waals surface area contributed by atoms with E-state index in [0.29, 0.717) is 34.9 Å². The van der Waals surface area contributed by atoms with E-state index in [1.54, 1.807) is 66.7 Å². The molecule has 3 aromatic carbocycles. The standard InChI is InChI=1S/C24H22N2O4/c1-2-30-21-15-9-7-13-19(21)25-22(27)16-26-20-14-8-6-12-18(20)24(29,23(26)28)17-10-4-3-5-11-17/h3-15,29H,2,16H2,1H3,(H,25,27). The van der Waals surface area contributed by atoms with E-state index in [1.807, 2.05) is 19.1 Å². The topological polar surface area (TPSA) is 78.9 Å². The number of hydrogen-bond donors (Lipinski definition) is 2. The van der Waals surface area contributed by atoms with E-state index >= 15 is 0 Å². The molecule has 0 fully saturated rings. The normalized spacial score (nSPS) is 17.5. The van der Waals surface area contributed by atoms with Crippen LogP contribution in [0, 0.1) is 0 Å². The number of benzene rings is 3. The van der Waals surface area contributed by atoms with Crippen LogP contribution in [0.25, 0.3) is 0 Å². The Morgan fingerprint density at radius 3 is 2.43 bits per heavy atom. The molecule has 0 saturated heterocycles. The summed E-state index contributed by atoms with van der Waals surface area (Å²) < 4.78 is 5.54. The molecule has 30 heavy (non-hydrogen) atoms. The number of para-hydroxylation sites is 3. The Morgan fingerprint density at radius 2 is 1.67 bits per heavy atom. The number of aliphatic hydroxyl groups is 1. The van der Waals surface area contributed by atoms with E-state index in [0.717, 1.165) is 0 Å². The second-order valence-electron chi connectivity index (χ2n) is 6.96. The van der Waals surface area contributed by atoms with Gasteiger partial charge in [-0.05, 0) is 30.7 Å². The Kier molecular flexibility index (Phi) is 5.25. The van der Waals surface area contributed by atoms with Crippen LogP contribution in [-0.2, 0) is 15.2 Å². The van der Waals surface area contributed by atoms with Crippen molar-refractivity contribution in [1.29, 1.82) is 0 Å². The summed E-state index contributed by atoms with van der Waals surface area (Å²) >= 11 is 0. The third-order valence-corrected chi connectivity index (χ3v) is 5.09. The number of carbonyl (C=O) groups is 2. The fourth-order valence-corrected chi connectivity index (χ4v) is 3.73. The van der Waals surface area contributed by atoms with Gasteiger partial charge in [0.15, 0.2) is 5.60 Å². The third-order valence-electron chi connectivity index (χ3n) is 5.09. The van der Waals surface area contributed by atoms with Crippen LogP contribution in [0.4, 0.5) is 11.4 Å². The molecule has 6 heteroatoms. The molecule has 1 atom stereocenters. The van der Waals surface area contributed by atoms with E-state index in [2.05, 4.69) is 5.32 Å². The quantitative estimate of drug-likeness (QED) is 0.663. The number of carbonyl (C=O) groups excluding carboxylic acids is 2. The molecule has 1 unspecified atom stereocenters. The molecule has 2 amide bonds. The maximum atomic E-state index is 13.3. The van der Waals surface area contributed by atoms with Crippen molar-refractivity contribution in [2.75, 3.05) is 23.4 Å². The van der Waals surface area contributed by atoms with Gasteiger partial charge in [0.2, 0.25) is 5.91 Å². The van der Waals surface area contributed by atoms with E-state index in [-0.39, 0.29) is 12.5 Å². The maximum absolute atomic E-state index is 13.3. The van der Waals surface area contributed by atoms with E-state index < -0.39 is 11.5 Å². The Bertz CT molecular complexity index is 1080.